The number of rotatable bonds is 4. The molecular formula is C18H18FN5O2. The minimum atomic E-state index is -0.286. The van der Waals surface area contributed by atoms with Crippen LogP contribution in [0.5, 0.6) is 5.75 Å². The molecule has 0 aliphatic carbocycles. The molecule has 134 valence electrons. The Kier molecular flexibility index (Phi) is 4.47. The number of hydrogen-bond donors (Lipinski definition) is 0. The largest absolute Gasteiger partial charge is 0.493 e. The van der Waals surface area contributed by atoms with Gasteiger partial charge < -0.3 is 9.64 Å². The first kappa shape index (κ1) is 16.4. The van der Waals surface area contributed by atoms with E-state index in [-0.39, 0.29) is 17.6 Å². The van der Waals surface area contributed by atoms with E-state index < -0.39 is 0 Å². The zero-order valence-electron chi connectivity index (χ0n) is 14.1. The highest BCUT2D eigenvalue weighted by atomic mass is 19.1. The Balaban J connectivity index is 1.39. The van der Waals surface area contributed by atoms with Gasteiger partial charge in [-0.1, -0.05) is 0 Å². The third kappa shape index (κ3) is 3.49. The molecule has 7 nitrogen and oxygen atoms in total. The maximum absolute atomic E-state index is 12.9. The molecule has 0 unspecified atom stereocenters. The standard InChI is InChI=1S/C18H18FN5O2/c19-15-4-6-16(7-5-15)26-12-13-2-1-9-23(10-13)18(25)14-3-8-17-20-21-22-24(17)11-14/h3-8,11,13H,1-2,9-10,12H2/t13-/m0/s1. The molecule has 1 amide bonds. The normalized spacial score (nSPS) is 17.4. The molecule has 0 N–H and O–H groups in total. The topological polar surface area (TPSA) is 72.6 Å². The van der Waals surface area contributed by atoms with Gasteiger partial charge in [0.1, 0.15) is 11.6 Å². The Morgan fingerprint density at radius 1 is 1.23 bits per heavy atom. The van der Waals surface area contributed by atoms with Crippen LogP contribution < -0.4 is 4.74 Å². The van der Waals surface area contributed by atoms with E-state index in [1.165, 1.54) is 16.6 Å². The highest BCUT2D eigenvalue weighted by Gasteiger charge is 2.25. The number of halogens is 1. The zero-order valence-corrected chi connectivity index (χ0v) is 14.1. The average Bonchev–Trinajstić information content (AvgIpc) is 3.15. The first-order chi connectivity index (χ1) is 12.7. The summed E-state index contributed by atoms with van der Waals surface area (Å²) in [5, 5.41) is 11.3. The molecule has 1 aliphatic rings. The van der Waals surface area contributed by atoms with Gasteiger partial charge in [0.25, 0.3) is 5.91 Å². The predicted octanol–water partition coefficient (Wildman–Crippen LogP) is 2.19. The van der Waals surface area contributed by atoms with Crippen LogP contribution >= 0.6 is 0 Å². The smallest absolute Gasteiger partial charge is 0.255 e. The number of aromatic nitrogens is 4. The number of nitrogens with zero attached hydrogens (tertiary/aromatic N) is 5. The number of likely N-dealkylation sites (tertiary alicyclic amines) is 1. The fourth-order valence-corrected chi connectivity index (χ4v) is 3.18. The first-order valence-electron chi connectivity index (χ1n) is 8.54. The highest BCUT2D eigenvalue weighted by molar-refractivity contribution is 5.94. The molecule has 1 fully saturated rings. The minimum Gasteiger partial charge on any atom is -0.493 e. The lowest BCUT2D eigenvalue weighted by molar-refractivity contribution is 0.0632. The van der Waals surface area contributed by atoms with E-state index in [1.807, 2.05) is 4.90 Å². The molecule has 1 saturated heterocycles. The monoisotopic (exact) mass is 355 g/mol. The van der Waals surface area contributed by atoms with Crippen molar-refractivity contribution in [3.8, 4) is 5.75 Å². The van der Waals surface area contributed by atoms with Crippen molar-refractivity contribution in [2.75, 3.05) is 19.7 Å². The summed E-state index contributed by atoms with van der Waals surface area (Å²) in [6.45, 7) is 1.86. The number of amides is 1. The van der Waals surface area contributed by atoms with E-state index in [0.717, 1.165) is 19.4 Å². The Bertz CT molecular complexity index is 911. The van der Waals surface area contributed by atoms with Crippen LogP contribution in [0, 0.1) is 11.7 Å². The van der Waals surface area contributed by atoms with Gasteiger partial charge in [-0.2, -0.15) is 4.52 Å². The molecule has 8 heteroatoms. The molecule has 0 radical (unpaired) electrons. The van der Waals surface area contributed by atoms with Crippen molar-refractivity contribution in [2.45, 2.75) is 12.8 Å². The molecule has 0 bridgehead atoms. The second-order valence-electron chi connectivity index (χ2n) is 6.42. The van der Waals surface area contributed by atoms with Gasteiger partial charge in [-0.3, -0.25) is 4.79 Å². The number of pyridine rings is 1. The highest BCUT2D eigenvalue weighted by Crippen LogP contribution is 2.21. The lowest BCUT2D eigenvalue weighted by Gasteiger charge is -2.32. The summed E-state index contributed by atoms with van der Waals surface area (Å²) in [7, 11) is 0. The van der Waals surface area contributed by atoms with Gasteiger partial charge in [0.2, 0.25) is 0 Å². The number of fused-ring (bicyclic) bond motifs is 1. The van der Waals surface area contributed by atoms with Gasteiger partial charge in [-0.15, -0.1) is 5.10 Å². The summed E-state index contributed by atoms with van der Waals surface area (Å²) in [5.74, 6) is 0.564. The van der Waals surface area contributed by atoms with Crippen LogP contribution in [0.25, 0.3) is 5.65 Å². The molecule has 2 aromatic heterocycles. The van der Waals surface area contributed by atoms with Gasteiger partial charge in [0.05, 0.1) is 12.2 Å². The number of hydrogen-bond acceptors (Lipinski definition) is 5. The van der Waals surface area contributed by atoms with Crippen LogP contribution in [0.4, 0.5) is 4.39 Å². The van der Waals surface area contributed by atoms with E-state index in [0.29, 0.717) is 30.1 Å². The van der Waals surface area contributed by atoms with E-state index >= 15 is 0 Å². The van der Waals surface area contributed by atoms with Crippen LogP contribution in [0.1, 0.15) is 23.2 Å². The maximum Gasteiger partial charge on any atom is 0.255 e. The summed E-state index contributed by atoms with van der Waals surface area (Å²) < 4.78 is 20.2. The molecule has 3 aromatic rings. The number of benzene rings is 1. The molecule has 4 rings (SSSR count). The SMILES string of the molecule is O=C(c1ccc2nnnn2c1)N1CCC[C@H](COc2ccc(F)cc2)C1. The third-order valence-electron chi connectivity index (χ3n) is 4.54. The number of tetrazole rings is 1. The molecule has 1 atom stereocenters. The third-order valence-corrected chi connectivity index (χ3v) is 4.54. The van der Waals surface area contributed by atoms with Gasteiger partial charge >= 0.3 is 0 Å². The fraction of sp³-hybridized carbons (Fsp3) is 0.333. The number of carbonyl (C=O) groups excluding carboxylic acids is 1. The summed E-state index contributed by atoms with van der Waals surface area (Å²) in [4.78, 5) is 14.6. The fourth-order valence-electron chi connectivity index (χ4n) is 3.18. The van der Waals surface area contributed by atoms with Crippen molar-refractivity contribution in [3.05, 3.63) is 54.0 Å². The van der Waals surface area contributed by atoms with E-state index in [2.05, 4.69) is 15.5 Å². The maximum atomic E-state index is 12.9. The molecule has 0 saturated carbocycles. The van der Waals surface area contributed by atoms with Gasteiger partial charge in [-0.25, -0.2) is 4.39 Å². The van der Waals surface area contributed by atoms with Crippen molar-refractivity contribution in [2.24, 2.45) is 5.92 Å². The zero-order chi connectivity index (χ0) is 17.9. The van der Waals surface area contributed by atoms with E-state index in [9.17, 15) is 9.18 Å². The lowest BCUT2D eigenvalue weighted by atomic mass is 9.98. The second-order valence-corrected chi connectivity index (χ2v) is 6.42. The predicted molar refractivity (Wildman–Crippen MR) is 91.3 cm³/mol. The van der Waals surface area contributed by atoms with Crippen LogP contribution in [0.2, 0.25) is 0 Å². The Morgan fingerprint density at radius 2 is 2.08 bits per heavy atom. The van der Waals surface area contributed by atoms with Crippen LogP contribution in [0.15, 0.2) is 42.6 Å². The van der Waals surface area contributed by atoms with Crippen molar-refractivity contribution in [1.29, 1.82) is 0 Å². The Labute approximate surface area is 149 Å². The van der Waals surface area contributed by atoms with Crippen LogP contribution in [-0.2, 0) is 0 Å². The molecular weight excluding hydrogens is 337 g/mol. The number of ether oxygens (including phenoxy) is 1. The minimum absolute atomic E-state index is 0.0334. The Hall–Kier alpha value is -3.03. The van der Waals surface area contributed by atoms with E-state index in [4.69, 9.17) is 4.74 Å². The first-order valence-corrected chi connectivity index (χ1v) is 8.54. The quantitative estimate of drug-likeness (QED) is 0.717. The molecule has 1 aromatic carbocycles. The van der Waals surface area contributed by atoms with Crippen molar-refractivity contribution < 1.29 is 13.9 Å². The average molecular weight is 355 g/mol. The molecule has 3 heterocycles. The molecule has 1 aliphatic heterocycles. The molecule has 0 spiro atoms. The van der Waals surface area contributed by atoms with Gasteiger partial charge in [0.15, 0.2) is 5.65 Å². The van der Waals surface area contributed by atoms with Crippen LogP contribution in [-0.4, -0.2) is 50.5 Å². The van der Waals surface area contributed by atoms with Crippen molar-refractivity contribution >= 4 is 11.6 Å². The summed E-state index contributed by atoms with van der Waals surface area (Å²) in [5.41, 5.74) is 1.16. The van der Waals surface area contributed by atoms with Crippen molar-refractivity contribution in [3.63, 3.8) is 0 Å². The number of piperidine rings is 1. The number of carbonyl (C=O) groups is 1. The Morgan fingerprint density at radius 3 is 2.92 bits per heavy atom. The van der Waals surface area contributed by atoms with Crippen LogP contribution in [0.3, 0.4) is 0 Å². The second kappa shape index (κ2) is 7.07. The van der Waals surface area contributed by atoms with Gasteiger partial charge in [0, 0.05) is 25.2 Å². The van der Waals surface area contributed by atoms with Gasteiger partial charge in [-0.05, 0) is 59.7 Å². The lowest BCUT2D eigenvalue weighted by Crippen LogP contribution is -2.41. The summed E-state index contributed by atoms with van der Waals surface area (Å²) in [6, 6.07) is 9.45. The summed E-state index contributed by atoms with van der Waals surface area (Å²) >= 11 is 0. The van der Waals surface area contributed by atoms with E-state index in [1.54, 1.807) is 30.5 Å². The van der Waals surface area contributed by atoms with Crippen molar-refractivity contribution in [1.82, 2.24) is 24.9 Å². The molecule has 26 heavy (non-hydrogen) atoms. The summed E-state index contributed by atoms with van der Waals surface area (Å²) in [6.07, 6.45) is 3.57.